The van der Waals surface area contributed by atoms with Gasteiger partial charge in [-0.2, -0.15) is 0 Å². The van der Waals surface area contributed by atoms with Crippen LogP contribution in [0.1, 0.15) is 56.2 Å². The maximum Gasteiger partial charge on any atom is 0.410 e. The van der Waals surface area contributed by atoms with Gasteiger partial charge in [0.15, 0.2) is 0 Å². The van der Waals surface area contributed by atoms with Gasteiger partial charge in [0.1, 0.15) is 6.61 Å². The lowest BCUT2D eigenvalue weighted by Crippen LogP contribution is -2.51. The number of rotatable bonds is 5. The van der Waals surface area contributed by atoms with Gasteiger partial charge in [-0.25, -0.2) is 4.79 Å². The molecule has 0 N–H and O–H groups in total. The minimum absolute atomic E-state index is 0.149. The molecule has 2 bridgehead atoms. The number of carbonyl (C=O) groups is 1. The predicted octanol–water partition coefficient (Wildman–Crippen LogP) is 6.23. The third kappa shape index (κ3) is 4.72. The SMILES string of the molecule is CC(C)Cc1ccc(C2=CC3CCCC(C2)N3C(=O)OCc2ccccc2)cc1. The zero-order valence-corrected chi connectivity index (χ0v) is 17.5. The van der Waals surface area contributed by atoms with Gasteiger partial charge in [-0.05, 0) is 60.3 Å². The van der Waals surface area contributed by atoms with E-state index in [1.807, 2.05) is 35.2 Å². The Morgan fingerprint density at radius 2 is 1.79 bits per heavy atom. The quantitative estimate of drug-likeness (QED) is 0.606. The van der Waals surface area contributed by atoms with Crippen molar-refractivity contribution in [2.24, 2.45) is 5.92 Å². The molecule has 0 saturated carbocycles. The summed E-state index contributed by atoms with van der Waals surface area (Å²) >= 11 is 0. The van der Waals surface area contributed by atoms with Crippen LogP contribution in [-0.2, 0) is 17.8 Å². The van der Waals surface area contributed by atoms with E-state index in [0.29, 0.717) is 12.5 Å². The van der Waals surface area contributed by atoms with Gasteiger partial charge in [0, 0.05) is 6.04 Å². The topological polar surface area (TPSA) is 29.5 Å². The first-order valence-corrected chi connectivity index (χ1v) is 10.9. The van der Waals surface area contributed by atoms with Crippen LogP contribution in [0.25, 0.3) is 5.57 Å². The molecular formula is C26H31NO2. The normalized spacial score (nSPS) is 21.1. The molecule has 2 aromatic carbocycles. The van der Waals surface area contributed by atoms with E-state index in [9.17, 15) is 4.79 Å². The van der Waals surface area contributed by atoms with Crippen LogP contribution in [-0.4, -0.2) is 23.1 Å². The summed E-state index contributed by atoms with van der Waals surface area (Å²) in [7, 11) is 0. The van der Waals surface area contributed by atoms with E-state index < -0.39 is 0 Å². The Morgan fingerprint density at radius 3 is 2.48 bits per heavy atom. The van der Waals surface area contributed by atoms with Crippen molar-refractivity contribution in [3.63, 3.8) is 0 Å². The van der Waals surface area contributed by atoms with Crippen LogP contribution in [0, 0.1) is 5.92 Å². The summed E-state index contributed by atoms with van der Waals surface area (Å²) < 4.78 is 5.66. The number of benzene rings is 2. The molecule has 29 heavy (non-hydrogen) atoms. The van der Waals surface area contributed by atoms with Gasteiger partial charge in [-0.1, -0.05) is 74.5 Å². The highest BCUT2D eigenvalue weighted by atomic mass is 16.6. The number of nitrogens with zero attached hydrogens (tertiary/aromatic N) is 1. The second kappa shape index (κ2) is 8.86. The molecule has 4 rings (SSSR count). The lowest BCUT2D eigenvalue weighted by Gasteiger charge is -2.44. The summed E-state index contributed by atoms with van der Waals surface area (Å²) in [6.07, 6.45) is 7.41. The second-order valence-electron chi connectivity index (χ2n) is 8.79. The molecule has 3 heteroatoms. The number of hydrogen-bond acceptors (Lipinski definition) is 2. The molecule has 2 aromatic rings. The molecule has 1 saturated heterocycles. The van der Waals surface area contributed by atoms with Crippen LogP contribution in [0.4, 0.5) is 4.79 Å². The number of hydrogen-bond donors (Lipinski definition) is 0. The first-order chi connectivity index (χ1) is 14.1. The van der Waals surface area contributed by atoms with Crippen molar-refractivity contribution in [1.29, 1.82) is 0 Å². The molecule has 2 atom stereocenters. The van der Waals surface area contributed by atoms with Crippen molar-refractivity contribution in [3.05, 3.63) is 77.4 Å². The smallest absolute Gasteiger partial charge is 0.410 e. The summed E-state index contributed by atoms with van der Waals surface area (Å²) in [5.41, 5.74) is 5.10. The highest BCUT2D eigenvalue weighted by Gasteiger charge is 2.38. The summed E-state index contributed by atoms with van der Waals surface area (Å²) in [5.74, 6) is 0.671. The average Bonchev–Trinajstić information content (AvgIpc) is 2.72. The largest absolute Gasteiger partial charge is 0.445 e. The lowest BCUT2D eigenvalue weighted by molar-refractivity contribution is 0.0510. The molecule has 0 aliphatic carbocycles. The fourth-order valence-corrected chi connectivity index (χ4v) is 4.65. The van der Waals surface area contributed by atoms with E-state index in [0.717, 1.165) is 31.2 Å². The summed E-state index contributed by atoms with van der Waals surface area (Å²) in [5, 5.41) is 0. The van der Waals surface area contributed by atoms with Gasteiger partial charge in [0.2, 0.25) is 0 Å². The van der Waals surface area contributed by atoms with Gasteiger partial charge in [-0.15, -0.1) is 0 Å². The number of amides is 1. The first-order valence-electron chi connectivity index (χ1n) is 10.9. The van der Waals surface area contributed by atoms with Gasteiger partial charge >= 0.3 is 6.09 Å². The average molecular weight is 390 g/mol. The zero-order valence-electron chi connectivity index (χ0n) is 17.5. The predicted molar refractivity (Wildman–Crippen MR) is 117 cm³/mol. The maximum absolute atomic E-state index is 12.8. The fraction of sp³-hybridized carbons (Fsp3) is 0.423. The van der Waals surface area contributed by atoms with Gasteiger partial charge < -0.3 is 4.74 Å². The monoisotopic (exact) mass is 389 g/mol. The number of carbonyl (C=O) groups excluding carboxylic acids is 1. The molecule has 3 nitrogen and oxygen atoms in total. The van der Waals surface area contributed by atoms with Crippen LogP contribution in [0.15, 0.2) is 60.7 Å². The van der Waals surface area contributed by atoms with Crippen molar-refractivity contribution in [2.75, 3.05) is 0 Å². The fourth-order valence-electron chi connectivity index (χ4n) is 4.65. The van der Waals surface area contributed by atoms with Crippen molar-refractivity contribution < 1.29 is 9.53 Å². The van der Waals surface area contributed by atoms with Crippen molar-refractivity contribution in [3.8, 4) is 0 Å². The van der Waals surface area contributed by atoms with Gasteiger partial charge in [-0.3, -0.25) is 4.90 Å². The molecule has 1 amide bonds. The molecule has 2 aliphatic heterocycles. The van der Waals surface area contributed by atoms with Crippen LogP contribution in [0.3, 0.4) is 0 Å². The molecule has 2 unspecified atom stereocenters. The highest BCUT2D eigenvalue weighted by Crippen LogP contribution is 2.37. The Hall–Kier alpha value is -2.55. The maximum atomic E-state index is 12.8. The third-order valence-corrected chi connectivity index (χ3v) is 6.02. The Bertz CT molecular complexity index is 854. The van der Waals surface area contributed by atoms with E-state index in [-0.39, 0.29) is 18.2 Å². The van der Waals surface area contributed by atoms with Crippen LogP contribution in [0.2, 0.25) is 0 Å². The number of piperidine rings is 1. The van der Waals surface area contributed by atoms with E-state index >= 15 is 0 Å². The van der Waals surface area contributed by atoms with Crippen molar-refractivity contribution in [2.45, 2.75) is 64.6 Å². The number of ether oxygens (including phenoxy) is 1. The summed E-state index contributed by atoms with van der Waals surface area (Å²) in [6, 6.07) is 19.3. The Morgan fingerprint density at radius 1 is 1.03 bits per heavy atom. The molecule has 1 fully saturated rings. The highest BCUT2D eigenvalue weighted by molar-refractivity contribution is 5.74. The van der Waals surface area contributed by atoms with Gasteiger partial charge in [0.05, 0.1) is 6.04 Å². The molecule has 0 spiro atoms. The molecular weight excluding hydrogens is 358 g/mol. The van der Waals surface area contributed by atoms with E-state index in [4.69, 9.17) is 4.74 Å². The van der Waals surface area contributed by atoms with Crippen LogP contribution < -0.4 is 0 Å². The van der Waals surface area contributed by atoms with Gasteiger partial charge in [0.25, 0.3) is 0 Å². The number of fused-ring (bicyclic) bond motifs is 2. The van der Waals surface area contributed by atoms with E-state index in [1.54, 1.807) is 0 Å². The Labute approximate surface area is 174 Å². The standard InChI is InChI=1S/C26H31NO2/c1-19(2)15-20-11-13-22(14-12-20)23-16-24-9-6-10-25(17-23)27(24)26(28)29-18-21-7-4-3-5-8-21/h3-5,7-8,11-14,16,19,24-25H,6,9-10,15,17-18H2,1-2H3. The Kier molecular flexibility index (Phi) is 6.03. The van der Waals surface area contributed by atoms with Crippen LogP contribution in [0.5, 0.6) is 0 Å². The molecule has 152 valence electrons. The van der Waals surface area contributed by atoms with Crippen LogP contribution >= 0.6 is 0 Å². The summed E-state index contributed by atoms with van der Waals surface area (Å²) in [4.78, 5) is 14.8. The minimum Gasteiger partial charge on any atom is -0.445 e. The first kappa shape index (κ1) is 19.8. The molecule has 2 aliphatic rings. The molecule has 0 aromatic heterocycles. The minimum atomic E-state index is -0.175. The Balaban J connectivity index is 1.46. The van der Waals surface area contributed by atoms with Crippen molar-refractivity contribution in [1.82, 2.24) is 4.90 Å². The summed E-state index contributed by atoms with van der Waals surface area (Å²) in [6.45, 7) is 4.85. The second-order valence-corrected chi connectivity index (χ2v) is 8.79. The molecule has 0 radical (unpaired) electrons. The lowest BCUT2D eigenvalue weighted by atomic mass is 9.83. The molecule has 2 heterocycles. The zero-order chi connectivity index (χ0) is 20.2. The van der Waals surface area contributed by atoms with E-state index in [2.05, 4.69) is 44.2 Å². The van der Waals surface area contributed by atoms with E-state index in [1.165, 1.54) is 23.1 Å². The third-order valence-electron chi connectivity index (χ3n) is 6.02. The van der Waals surface area contributed by atoms with Crippen molar-refractivity contribution >= 4 is 11.7 Å².